The molecule has 0 amide bonds. The van der Waals surface area contributed by atoms with E-state index < -0.39 is 0 Å². The number of hydrogen-bond acceptors (Lipinski definition) is 4. The van der Waals surface area contributed by atoms with E-state index in [1.165, 1.54) is 25.7 Å². The first-order chi connectivity index (χ1) is 8.78. The maximum absolute atomic E-state index is 5.61. The maximum atomic E-state index is 5.61. The van der Waals surface area contributed by atoms with Crippen molar-refractivity contribution in [1.82, 2.24) is 0 Å². The molecule has 0 N–H and O–H groups in total. The van der Waals surface area contributed by atoms with E-state index in [0.29, 0.717) is 25.0 Å². The Labute approximate surface area is 111 Å². The van der Waals surface area contributed by atoms with E-state index in [4.69, 9.17) is 18.9 Å². The summed E-state index contributed by atoms with van der Waals surface area (Å²) in [5.74, 6) is 1.01. The first kappa shape index (κ1) is 15.9. The molecule has 1 aliphatic carbocycles. The molecule has 1 saturated carbocycles. The zero-order valence-electron chi connectivity index (χ0n) is 12.2. The molecular weight excluding hydrogens is 232 g/mol. The van der Waals surface area contributed by atoms with Gasteiger partial charge in [-0.3, -0.25) is 0 Å². The summed E-state index contributed by atoms with van der Waals surface area (Å²) in [5, 5.41) is 0. The smallest absolute Gasteiger partial charge is 0.0836 e. The molecule has 108 valence electrons. The van der Waals surface area contributed by atoms with Gasteiger partial charge in [-0.15, -0.1) is 0 Å². The average Bonchev–Trinajstić information content (AvgIpc) is 2.42. The van der Waals surface area contributed by atoms with Crippen LogP contribution >= 0.6 is 0 Å². The highest BCUT2D eigenvalue weighted by atomic mass is 16.5. The van der Waals surface area contributed by atoms with Crippen molar-refractivity contribution in [2.75, 3.05) is 41.7 Å². The first-order valence-corrected chi connectivity index (χ1v) is 6.81. The summed E-state index contributed by atoms with van der Waals surface area (Å²) < 4.78 is 21.8. The quantitative estimate of drug-likeness (QED) is 0.670. The van der Waals surface area contributed by atoms with Crippen LogP contribution in [0.25, 0.3) is 0 Å². The molecule has 0 saturated heterocycles. The lowest BCUT2D eigenvalue weighted by atomic mass is 9.73. The monoisotopic (exact) mass is 260 g/mol. The summed E-state index contributed by atoms with van der Waals surface area (Å²) in [6.07, 6.45) is 5.25. The Balaban J connectivity index is 2.70. The van der Waals surface area contributed by atoms with Gasteiger partial charge in [0.15, 0.2) is 0 Å². The molecule has 1 aliphatic rings. The lowest BCUT2D eigenvalue weighted by Gasteiger charge is -2.39. The van der Waals surface area contributed by atoms with Crippen LogP contribution in [0.2, 0.25) is 0 Å². The standard InChI is InChI=1S/C14H28O4/c1-15-9-13(17-3)11-7-5-6-8-12(11)14(18-4)10-16-2/h11-14H,5-10H2,1-4H3. The number of methoxy groups -OCH3 is 4. The van der Waals surface area contributed by atoms with Crippen LogP contribution in [0.4, 0.5) is 0 Å². The molecule has 1 rings (SSSR count). The molecule has 0 heterocycles. The fourth-order valence-corrected chi connectivity index (χ4v) is 3.17. The van der Waals surface area contributed by atoms with E-state index in [0.717, 1.165) is 0 Å². The van der Waals surface area contributed by atoms with Gasteiger partial charge in [0.05, 0.1) is 25.4 Å². The van der Waals surface area contributed by atoms with Crippen molar-refractivity contribution in [2.24, 2.45) is 11.8 Å². The van der Waals surface area contributed by atoms with E-state index >= 15 is 0 Å². The van der Waals surface area contributed by atoms with Gasteiger partial charge in [-0.1, -0.05) is 12.8 Å². The Hall–Kier alpha value is -0.160. The largest absolute Gasteiger partial charge is 0.382 e. The van der Waals surface area contributed by atoms with E-state index in [1.54, 1.807) is 28.4 Å². The summed E-state index contributed by atoms with van der Waals surface area (Å²) in [4.78, 5) is 0. The minimum atomic E-state index is 0.162. The molecule has 0 radical (unpaired) electrons. The van der Waals surface area contributed by atoms with Crippen molar-refractivity contribution in [3.8, 4) is 0 Å². The SMILES string of the molecule is COCC(OC)C1CCCCC1C(COC)OC. The Bertz CT molecular complexity index is 188. The van der Waals surface area contributed by atoms with E-state index in [9.17, 15) is 0 Å². The molecule has 0 aromatic carbocycles. The normalized spacial score (nSPS) is 28.0. The summed E-state index contributed by atoms with van der Waals surface area (Å²) in [7, 11) is 7.00. The number of rotatable bonds is 8. The van der Waals surface area contributed by atoms with Gasteiger partial charge in [-0.05, 0) is 24.7 Å². The predicted molar refractivity (Wildman–Crippen MR) is 70.8 cm³/mol. The van der Waals surface area contributed by atoms with Crippen LogP contribution < -0.4 is 0 Å². The Morgan fingerprint density at radius 2 is 1.17 bits per heavy atom. The zero-order chi connectivity index (χ0) is 13.4. The third-order valence-electron chi connectivity index (χ3n) is 4.10. The topological polar surface area (TPSA) is 36.9 Å². The Morgan fingerprint density at radius 1 is 0.778 bits per heavy atom. The van der Waals surface area contributed by atoms with Crippen LogP contribution in [-0.2, 0) is 18.9 Å². The lowest BCUT2D eigenvalue weighted by Crippen LogP contribution is -2.42. The summed E-state index contributed by atoms with van der Waals surface area (Å²) in [5.41, 5.74) is 0. The molecular formula is C14H28O4. The van der Waals surface area contributed by atoms with E-state index in [-0.39, 0.29) is 12.2 Å². The molecule has 4 unspecified atom stereocenters. The molecule has 0 aromatic heterocycles. The maximum Gasteiger partial charge on any atom is 0.0836 e. The Kier molecular flexibility index (Phi) is 7.82. The average molecular weight is 260 g/mol. The second kappa shape index (κ2) is 8.86. The van der Waals surface area contributed by atoms with Crippen LogP contribution in [0.15, 0.2) is 0 Å². The summed E-state index contributed by atoms with van der Waals surface area (Å²) in [6, 6.07) is 0. The molecule has 0 aliphatic heterocycles. The van der Waals surface area contributed by atoms with Crippen molar-refractivity contribution in [2.45, 2.75) is 37.9 Å². The summed E-state index contributed by atoms with van der Waals surface area (Å²) in [6.45, 7) is 1.31. The van der Waals surface area contributed by atoms with E-state index in [2.05, 4.69) is 0 Å². The van der Waals surface area contributed by atoms with Gasteiger partial charge in [0.2, 0.25) is 0 Å². The fraction of sp³-hybridized carbons (Fsp3) is 1.00. The molecule has 0 aromatic rings. The molecule has 0 spiro atoms. The van der Waals surface area contributed by atoms with Gasteiger partial charge >= 0.3 is 0 Å². The third kappa shape index (κ3) is 4.19. The van der Waals surface area contributed by atoms with Gasteiger partial charge in [-0.2, -0.15) is 0 Å². The van der Waals surface area contributed by atoms with Crippen molar-refractivity contribution < 1.29 is 18.9 Å². The fourth-order valence-electron chi connectivity index (χ4n) is 3.17. The minimum Gasteiger partial charge on any atom is -0.382 e. The predicted octanol–water partition coefficient (Wildman–Crippen LogP) is 2.12. The van der Waals surface area contributed by atoms with Gasteiger partial charge in [0.25, 0.3) is 0 Å². The molecule has 4 atom stereocenters. The van der Waals surface area contributed by atoms with Crippen LogP contribution in [-0.4, -0.2) is 53.9 Å². The van der Waals surface area contributed by atoms with Gasteiger partial charge in [0, 0.05) is 28.4 Å². The van der Waals surface area contributed by atoms with E-state index in [1.807, 2.05) is 0 Å². The highest BCUT2D eigenvalue weighted by Crippen LogP contribution is 2.36. The molecule has 0 bridgehead atoms. The number of hydrogen-bond donors (Lipinski definition) is 0. The van der Waals surface area contributed by atoms with Crippen molar-refractivity contribution in [3.63, 3.8) is 0 Å². The van der Waals surface area contributed by atoms with Crippen molar-refractivity contribution >= 4 is 0 Å². The van der Waals surface area contributed by atoms with Crippen LogP contribution in [0.5, 0.6) is 0 Å². The van der Waals surface area contributed by atoms with Gasteiger partial charge in [0.1, 0.15) is 0 Å². The lowest BCUT2D eigenvalue weighted by molar-refractivity contribution is -0.0877. The van der Waals surface area contributed by atoms with Crippen LogP contribution in [0, 0.1) is 11.8 Å². The Morgan fingerprint density at radius 3 is 1.44 bits per heavy atom. The highest BCUT2D eigenvalue weighted by molar-refractivity contribution is 4.86. The summed E-state index contributed by atoms with van der Waals surface area (Å²) >= 11 is 0. The molecule has 4 nitrogen and oxygen atoms in total. The number of ether oxygens (including phenoxy) is 4. The molecule has 1 fully saturated rings. The highest BCUT2D eigenvalue weighted by Gasteiger charge is 2.36. The van der Waals surface area contributed by atoms with Gasteiger partial charge in [-0.25, -0.2) is 0 Å². The molecule has 4 heteroatoms. The van der Waals surface area contributed by atoms with Crippen molar-refractivity contribution in [1.29, 1.82) is 0 Å². The molecule has 18 heavy (non-hydrogen) atoms. The van der Waals surface area contributed by atoms with Crippen LogP contribution in [0.3, 0.4) is 0 Å². The van der Waals surface area contributed by atoms with Crippen molar-refractivity contribution in [3.05, 3.63) is 0 Å². The first-order valence-electron chi connectivity index (χ1n) is 6.81. The minimum absolute atomic E-state index is 0.162. The second-order valence-corrected chi connectivity index (χ2v) is 5.07. The van der Waals surface area contributed by atoms with Crippen LogP contribution in [0.1, 0.15) is 25.7 Å². The zero-order valence-corrected chi connectivity index (χ0v) is 12.2. The third-order valence-corrected chi connectivity index (χ3v) is 4.10. The van der Waals surface area contributed by atoms with Gasteiger partial charge < -0.3 is 18.9 Å². The second-order valence-electron chi connectivity index (χ2n) is 5.07.